The van der Waals surface area contributed by atoms with Crippen molar-refractivity contribution in [3.05, 3.63) is 66.5 Å². The predicted octanol–water partition coefficient (Wildman–Crippen LogP) is 3.93. The van der Waals surface area contributed by atoms with Gasteiger partial charge >= 0.3 is 0 Å². The highest BCUT2D eigenvalue weighted by Gasteiger charge is 2.23. The third kappa shape index (κ3) is 2.74. The van der Waals surface area contributed by atoms with Gasteiger partial charge in [0.1, 0.15) is 0 Å². The largest absolute Gasteiger partial charge is 0.494 e. The monoisotopic (exact) mass is 346 g/mol. The van der Waals surface area contributed by atoms with Crippen molar-refractivity contribution < 1.29 is 17.5 Å². The number of rotatable bonds is 5. The Balaban J connectivity index is 2.20. The molecule has 1 aromatic heterocycles. The second-order valence-corrected chi connectivity index (χ2v) is 6.77. The van der Waals surface area contributed by atoms with Crippen molar-refractivity contribution in [2.75, 3.05) is 11.4 Å². The van der Waals surface area contributed by atoms with E-state index in [0.29, 0.717) is 5.69 Å². The minimum absolute atomic E-state index is 0.0378. The Morgan fingerprint density at radius 1 is 1.17 bits per heavy atom. The summed E-state index contributed by atoms with van der Waals surface area (Å²) in [5.41, 5.74) is 1.41. The van der Waals surface area contributed by atoms with E-state index in [-0.39, 0.29) is 11.4 Å². The van der Waals surface area contributed by atoms with Crippen LogP contribution in [0.1, 0.15) is 0 Å². The molecule has 124 valence electrons. The first-order valence-corrected chi connectivity index (χ1v) is 8.55. The van der Waals surface area contributed by atoms with E-state index in [1.807, 2.05) is 6.07 Å². The number of aromatic nitrogens is 1. The van der Waals surface area contributed by atoms with Gasteiger partial charge in [0.25, 0.3) is 10.0 Å². The van der Waals surface area contributed by atoms with E-state index >= 15 is 0 Å². The highest BCUT2D eigenvalue weighted by Crippen LogP contribution is 2.33. The normalized spacial score (nSPS) is 11.4. The second kappa shape index (κ2) is 6.01. The molecule has 2 aromatic carbocycles. The van der Waals surface area contributed by atoms with Crippen molar-refractivity contribution >= 4 is 32.3 Å². The van der Waals surface area contributed by atoms with E-state index in [0.717, 1.165) is 26.7 Å². The van der Waals surface area contributed by atoms with Crippen LogP contribution in [0.3, 0.4) is 0 Å². The highest BCUT2D eigenvalue weighted by atomic mass is 32.2. The molecule has 3 aromatic rings. The maximum absolute atomic E-state index is 14.0. The van der Waals surface area contributed by atoms with Crippen LogP contribution in [-0.4, -0.2) is 20.5 Å². The van der Waals surface area contributed by atoms with E-state index in [9.17, 15) is 12.8 Å². The molecule has 0 bridgehead atoms. The third-order valence-corrected chi connectivity index (χ3v) is 4.96. The molecule has 1 N–H and O–H groups in total. The summed E-state index contributed by atoms with van der Waals surface area (Å²) in [4.78, 5) is 3.04. The van der Waals surface area contributed by atoms with Gasteiger partial charge in [0.2, 0.25) is 0 Å². The molecule has 0 atom stereocenters. The zero-order valence-electron chi connectivity index (χ0n) is 12.9. The summed E-state index contributed by atoms with van der Waals surface area (Å²) < 4.78 is 44.9. The quantitative estimate of drug-likeness (QED) is 0.761. The standard InChI is InChI=1S/C17H15FN2O3S/c1-3-24(21,22)20(14-5-7-17(23-2)15(18)11-14)13-4-6-16-12(10-13)8-9-19-16/h3-11,19H,1H2,2H3. The molecule has 0 aliphatic heterocycles. The molecule has 0 aliphatic rings. The van der Waals surface area contributed by atoms with Crippen LogP contribution >= 0.6 is 0 Å². The molecule has 0 aliphatic carbocycles. The lowest BCUT2D eigenvalue weighted by atomic mass is 10.2. The molecule has 0 radical (unpaired) electrons. The summed E-state index contributed by atoms with van der Waals surface area (Å²) in [6.45, 7) is 3.36. The Labute approximate surface area is 139 Å². The fraction of sp³-hybridized carbons (Fsp3) is 0.0588. The van der Waals surface area contributed by atoms with Gasteiger partial charge < -0.3 is 9.72 Å². The fourth-order valence-electron chi connectivity index (χ4n) is 2.47. The number of hydrogen-bond acceptors (Lipinski definition) is 3. The minimum Gasteiger partial charge on any atom is -0.494 e. The van der Waals surface area contributed by atoms with Gasteiger partial charge in [-0.2, -0.15) is 0 Å². The fourth-order valence-corrected chi connectivity index (χ4v) is 3.43. The molecular weight excluding hydrogens is 331 g/mol. The first-order chi connectivity index (χ1) is 11.5. The van der Waals surface area contributed by atoms with Crippen molar-refractivity contribution in [1.82, 2.24) is 4.98 Å². The smallest absolute Gasteiger partial charge is 0.261 e. The van der Waals surface area contributed by atoms with Gasteiger partial charge in [0, 0.05) is 28.6 Å². The average molecular weight is 346 g/mol. The molecule has 24 heavy (non-hydrogen) atoms. The lowest BCUT2D eigenvalue weighted by Crippen LogP contribution is -2.23. The van der Waals surface area contributed by atoms with Gasteiger partial charge in [0.15, 0.2) is 11.6 Å². The van der Waals surface area contributed by atoms with Crippen LogP contribution in [0.25, 0.3) is 10.9 Å². The summed E-state index contributed by atoms with van der Waals surface area (Å²) in [6.07, 6.45) is 1.76. The molecule has 5 nitrogen and oxygen atoms in total. The zero-order chi connectivity index (χ0) is 17.3. The lowest BCUT2D eigenvalue weighted by molar-refractivity contribution is 0.386. The van der Waals surface area contributed by atoms with Crippen LogP contribution in [-0.2, 0) is 10.0 Å². The van der Waals surface area contributed by atoms with Crippen LogP contribution < -0.4 is 9.04 Å². The molecule has 0 unspecified atom stereocenters. The van der Waals surface area contributed by atoms with Gasteiger partial charge in [-0.25, -0.2) is 17.1 Å². The minimum atomic E-state index is -3.87. The van der Waals surface area contributed by atoms with E-state index in [1.165, 1.54) is 19.2 Å². The maximum Gasteiger partial charge on any atom is 0.261 e. The molecular formula is C17H15FN2O3S. The number of benzene rings is 2. The summed E-state index contributed by atoms with van der Waals surface area (Å²) >= 11 is 0. The van der Waals surface area contributed by atoms with Gasteiger partial charge in [-0.15, -0.1) is 0 Å². The number of sulfonamides is 1. The number of ether oxygens (including phenoxy) is 1. The summed E-state index contributed by atoms with van der Waals surface area (Å²) in [6, 6.07) is 10.9. The number of H-pyrrole nitrogens is 1. The number of fused-ring (bicyclic) bond motifs is 1. The van der Waals surface area contributed by atoms with Gasteiger partial charge in [-0.05, 0) is 36.4 Å². The van der Waals surface area contributed by atoms with Crippen LogP contribution in [0.15, 0.2) is 60.6 Å². The molecule has 7 heteroatoms. The van der Waals surface area contributed by atoms with Gasteiger partial charge in [0.05, 0.1) is 18.5 Å². The van der Waals surface area contributed by atoms with Gasteiger partial charge in [-0.1, -0.05) is 6.58 Å². The van der Waals surface area contributed by atoms with Crippen molar-refractivity contribution in [2.24, 2.45) is 0 Å². The van der Waals surface area contributed by atoms with Crippen LogP contribution in [0.2, 0.25) is 0 Å². The van der Waals surface area contributed by atoms with Gasteiger partial charge in [-0.3, -0.25) is 0 Å². The van der Waals surface area contributed by atoms with E-state index in [2.05, 4.69) is 11.6 Å². The van der Waals surface area contributed by atoms with Crippen molar-refractivity contribution in [2.45, 2.75) is 0 Å². The lowest BCUT2D eigenvalue weighted by Gasteiger charge is -2.23. The molecule has 0 saturated carbocycles. The van der Waals surface area contributed by atoms with Crippen molar-refractivity contribution in [3.63, 3.8) is 0 Å². The Hall–Kier alpha value is -2.80. The average Bonchev–Trinajstić information content (AvgIpc) is 3.03. The van der Waals surface area contributed by atoms with Crippen LogP contribution in [0, 0.1) is 5.82 Å². The first-order valence-electron chi connectivity index (χ1n) is 7.05. The number of anilines is 2. The molecule has 0 spiro atoms. The summed E-state index contributed by atoms with van der Waals surface area (Å²) in [7, 11) is -2.53. The van der Waals surface area contributed by atoms with E-state index in [1.54, 1.807) is 24.4 Å². The SMILES string of the molecule is C=CS(=O)(=O)N(c1ccc(OC)c(F)c1)c1ccc2[nH]ccc2c1. The van der Waals surface area contributed by atoms with Crippen molar-refractivity contribution in [1.29, 1.82) is 0 Å². The van der Waals surface area contributed by atoms with E-state index < -0.39 is 15.8 Å². The third-order valence-electron chi connectivity index (χ3n) is 3.61. The van der Waals surface area contributed by atoms with E-state index in [4.69, 9.17) is 4.74 Å². The number of halogens is 1. The number of nitrogens with zero attached hydrogens (tertiary/aromatic N) is 1. The molecule has 0 saturated heterocycles. The maximum atomic E-state index is 14.0. The number of nitrogens with one attached hydrogen (secondary N) is 1. The Bertz CT molecular complexity index is 1010. The summed E-state index contributed by atoms with van der Waals surface area (Å²) in [5, 5.41) is 1.67. The summed E-state index contributed by atoms with van der Waals surface area (Å²) in [5.74, 6) is -0.613. The number of methoxy groups -OCH3 is 1. The molecule has 3 rings (SSSR count). The molecule has 0 fully saturated rings. The number of aromatic amines is 1. The Morgan fingerprint density at radius 2 is 1.88 bits per heavy atom. The Kier molecular flexibility index (Phi) is 4.02. The predicted molar refractivity (Wildman–Crippen MR) is 92.5 cm³/mol. The van der Waals surface area contributed by atoms with Crippen LogP contribution in [0.4, 0.5) is 15.8 Å². The Morgan fingerprint density at radius 3 is 2.54 bits per heavy atom. The second-order valence-electron chi connectivity index (χ2n) is 5.04. The highest BCUT2D eigenvalue weighted by molar-refractivity contribution is 7.95. The zero-order valence-corrected chi connectivity index (χ0v) is 13.7. The molecule has 1 heterocycles. The first kappa shape index (κ1) is 16.1. The molecule has 0 amide bonds. The number of hydrogen-bond donors (Lipinski definition) is 1. The topological polar surface area (TPSA) is 62.4 Å². The van der Waals surface area contributed by atoms with Crippen LogP contribution in [0.5, 0.6) is 5.75 Å². The van der Waals surface area contributed by atoms with Crippen molar-refractivity contribution in [3.8, 4) is 5.75 Å².